The zero-order chi connectivity index (χ0) is 10.8. The summed E-state index contributed by atoms with van der Waals surface area (Å²) >= 11 is 11.8. The van der Waals surface area contributed by atoms with E-state index in [2.05, 4.69) is 0 Å². The van der Waals surface area contributed by atoms with Gasteiger partial charge in [0.1, 0.15) is 0 Å². The van der Waals surface area contributed by atoms with Gasteiger partial charge >= 0.3 is 0 Å². The van der Waals surface area contributed by atoms with Gasteiger partial charge in [-0.25, -0.2) is 0 Å². The normalized spacial score (nSPS) is 25.8. The lowest BCUT2D eigenvalue weighted by molar-refractivity contribution is 0.0498. The topological polar surface area (TPSA) is 35.2 Å². The van der Waals surface area contributed by atoms with Gasteiger partial charge in [-0.1, -0.05) is 29.3 Å². The molecule has 1 aromatic rings. The molecule has 0 saturated carbocycles. The molecule has 15 heavy (non-hydrogen) atoms. The van der Waals surface area contributed by atoms with Crippen molar-refractivity contribution >= 4 is 23.2 Å². The lowest BCUT2D eigenvalue weighted by atomic mass is 10.1. The zero-order valence-electron chi connectivity index (χ0n) is 8.25. The number of rotatable bonds is 2. The minimum absolute atomic E-state index is 0.119. The van der Waals surface area contributed by atoms with Gasteiger partial charge in [-0.3, -0.25) is 0 Å². The molecule has 0 aliphatic carbocycles. The largest absolute Gasteiger partial charge is 0.369 e. The molecule has 1 saturated heterocycles. The minimum atomic E-state index is 0.119. The molecule has 0 amide bonds. The third-order valence-corrected chi connectivity index (χ3v) is 3.42. The van der Waals surface area contributed by atoms with Crippen LogP contribution >= 0.6 is 23.2 Å². The maximum Gasteiger partial charge on any atom is 0.0830 e. The van der Waals surface area contributed by atoms with Crippen LogP contribution < -0.4 is 5.73 Å². The minimum Gasteiger partial charge on any atom is -0.369 e. The summed E-state index contributed by atoms with van der Waals surface area (Å²) in [5.74, 6) is 0. The van der Waals surface area contributed by atoms with E-state index in [0.29, 0.717) is 16.6 Å². The van der Waals surface area contributed by atoms with E-state index in [4.69, 9.17) is 33.7 Å². The first-order chi connectivity index (χ1) is 7.20. The fourth-order valence-corrected chi connectivity index (χ4v) is 2.14. The Morgan fingerprint density at radius 1 is 1.27 bits per heavy atom. The van der Waals surface area contributed by atoms with Gasteiger partial charge in [-0.15, -0.1) is 0 Å². The number of ether oxygens (including phenoxy) is 1. The van der Waals surface area contributed by atoms with Crippen LogP contribution in [0.15, 0.2) is 18.2 Å². The number of benzene rings is 1. The van der Waals surface area contributed by atoms with Crippen LogP contribution in [0.3, 0.4) is 0 Å². The van der Waals surface area contributed by atoms with Crippen molar-refractivity contribution in [1.29, 1.82) is 0 Å². The number of nitrogens with two attached hydrogens (primary N) is 1. The Morgan fingerprint density at radius 2 is 2.07 bits per heavy atom. The summed E-state index contributed by atoms with van der Waals surface area (Å²) in [4.78, 5) is 0. The fraction of sp³-hybridized carbons (Fsp3) is 0.455. The third-order valence-electron chi connectivity index (χ3n) is 2.69. The summed E-state index contributed by atoms with van der Waals surface area (Å²) < 4.78 is 5.76. The van der Waals surface area contributed by atoms with Gasteiger partial charge in [-0.05, 0) is 30.5 Å². The highest BCUT2D eigenvalue weighted by molar-refractivity contribution is 6.42. The van der Waals surface area contributed by atoms with Gasteiger partial charge in [0, 0.05) is 6.54 Å². The molecule has 2 N–H and O–H groups in total. The molecule has 1 heterocycles. The van der Waals surface area contributed by atoms with E-state index < -0.39 is 0 Å². The Labute approximate surface area is 99.3 Å². The van der Waals surface area contributed by atoms with Gasteiger partial charge < -0.3 is 10.5 Å². The Kier molecular flexibility index (Phi) is 3.52. The molecule has 2 rings (SSSR count). The third kappa shape index (κ3) is 2.45. The summed E-state index contributed by atoms with van der Waals surface area (Å²) in [6.45, 7) is 0.581. The van der Waals surface area contributed by atoms with E-state index >= 15 is 0 Å². The van der Waals surface area contributed by atoms with Crippen LogP contribution in [0.5, 0.6) is 0 Å². The van der Waals surface area contributed by atoms with Crippen LogP contribution in [0, 0.1) is 0 Å². The van der Waals surface area contributed by atoms with Crippen LogP contribution in [0.2, 0.25) is 10.0 Å². The van der Waals surface area contributed by atoms with E-state index in [1.165, 1.54) is 0 Å². The molecule has 0 spiro atoms. The van der Waals surface area contributed by atoms with E-state index in [1.54, 1.807) is 6.07 Å². The van der Waals surface area contributed by atoms with Gasteiger partial charge in [0.2, 0.25) is 0 Å². The predicted octanol–water partition coefficient (Wildman–Crippen LogP) is 3.17. The van der Waals surface area contributed by atoms with Crippen molar-refractivity contribution in [3.8, 4) is 0 Å². The standard InChI is InChI=1S/C11H13Cl2NO/c12-9-3-1-7(5-10(9)13)11-4-2-8(6-14)15-11/h1,3,5,8,11H,2,4,6,14H2. The molecule has 0 bridgehead atoms. The van der Waals surface area contributed by atoms with Crippen LogP contribution in [-0.4, -0.2) is 12.6 Å². The highest BCUT2D eigenvalue weighted by atomic mass is 35.5. The van der Waals surface area contributed by atoms with Crippen molar-refractivity contribution in [3.63, 3.8) is 0 Å². The van der Waals surface area contributed by atoms with Crippen molar-refractivity contribution in [3.05, 3.63) is 33.8 Å². The molecule has 1 aliphatic rings. The molecule has 2 nitrogen and oxygen atoms in total. The zero-order valence-corrected chi connectivity index (χ0v) is 9.76. The first-order valence-corrected chi connectivity index (χ1v) is 5.77. The van der Waals surface area contributed by atoms with Crippen molar-refractivity contribution in [1.82, 2.24) is 0 Å². The fourth-order valence-electron chi connectivity index (χ4n) is 1.84. The first-order valence-electron chi connectivity index (χ1n) is 5.01. The molecule has 2 unspecified atom stereocenters. The summed E-state index contributed by atoms with van der Waals surface area (Å²) in [5, 5.41) is 1.16. The monoisotopic (exact) mass is 245 g/mol. The van der Waals surface area contributed by atoms with Crippen molar-refractivity contribution in [2.45, 2.75) is 25.0 Å². The molecule has 0 aromatic heterocycles. The molecular formula is C11H13Cl2NO. The van der Waals surface area contributed by atoms with Crippen molar-refractivity contribution in [2.24, 2.45) is 5.73 Å². The van der Waals surface area contributed by atoms with E-state index in [1.807, 2.05) is 12.1 Å². The molecule has 4 heteroatoms. The number of hydrogen-bond acceptors (Lipinski definition) is 2. The Balaban J connectivity index is 2.13. The van der Waals surface area contributed by atoms with Gasteiger partial charge in [0.25, 0.3) is 0 Å². The lowest BCUT2D eigenvalue weighted by Crippen LogP contribution is -2.18. The maximum atomic E-state index is 5.95. The van der Waals surface area contributed by atoms with Crippen LogP contribution in [-0.2, 0) is 4.74 Å². The average Bonchev–Trinajstić information content (AvgIpc) is 2.70. The Bertz CT molecular complexity index is 356. The average molecular weight is 246 g/mol. The molecule has 1 fully saturated rings. The van der Waals surface area contributed by atoms with Crippen LogP contribution in [0.25, 0.3) is 0 Å². The quantitative estimate of drug-likeness (QED) is 0.869. The SMILES string of the molecule is NCC1CCC(c2ccc(Cl)c(Cl)c2)O1. The lowest BCUT2D eigenvalue weighted by Gasteiger charge is -2.13. The maximum absolute atomic E-state index is 5.95. The van der Waals surface area contributed by atoms with Gasteiger partial charge in [0.05, 0.1) is 22.3 Å². The number of halogens is 2. The van der Waals surface area contributed by atoms with Crippen LogP contribution in [0.4, 0.5) is 0 Å². The second-order valence-electron chi connectivity index (χ2n) is 3.73. The first kappa shape index (κ1) is 11.2. The van der Waals surface area contributed by atoms with Crippen molar-refractivity contribution < 1.29 is 4.74 Å². The molecule has 82 valence electrons. The summed E-state index contributed by atoms with van der Waals surface area (Å²) in [5.41, 5.74) is 6.64. The molecule has 0 radical (unpaired) electrons. The molecular weight excluding hydrogens is 233 g/mol. The van der Waals surface area contributed by atoms with Crippen LogP contribution in [0.1, 0.15) is 24.5 Å². The van der Waals surface area contributed by atoms with E-state index in [9.17, 15) is 0 Å². The molecule has 1 aliphatic heterocycles. The van der Waals surface area contributed by atoms with Gasteiger partial charge in [0.15, 0.2) is 0 Å². The second kappa shape index (κ2) is 4.71. The highest BCUT2D eigenvalue weighted by Crippen LogP contribution is 2.34. The summed E-state index contributed by atoms with van der Waals surface area (Å²) in [6.07, 6.45) is 2.32. The Hall–Kier alpha value is -0.280. The number of hydrogen-bond donors (Lipinski definition) is 1. The molecule has 2 atom stereocenters. The predicted molar refractivity (Wildman–Crippen MR) is 62.4 cm³/mol. The second-order valence-corrected chi connectivity index (χ2v) is 4.55. The summed E-state index contributed by atoms with van der Waals surface area (Å²) in [7, 11) is 0. The highest BCUT2D eigenvalue weighted by Gasteiger charge is 2.25. The molecule has 1 aromatic carbocycles. The van der Waals surface area contributed by atoms with Crippen molar-refractivity contribution in [2.75, 3.05) is 6.54 Å². The Morgan fingerprint density at radius 3 is 2.67 bits per heavy atom. The smallest absolute Gasteiger partial charge is 0.0830 e. The van der Waals surface area contributed by atoms with E-state index in [0.717, 1.165) is 18.4 Å². The summed E-state index contributed by atoms with van der Waals surface area (Å²) in [6, 6.07) is 5.63. The van der Waals surface area contributed by atoms with E-state index in [-0.39, 0.29) is 12.2 Å². The van der Waals surface area contributed by atoms with Gasteiger partial charge in [-0.2, -0.15) is 0 Å².